The molecule has 0 saturated carbocycles. The molecule has 0 saturated heterocycles. The van der Waals surface area contributed by atoms with Crippen molar-refractivity contribution >= 4 is 5.97 Å². The molecule has 0 fully saturated rings. The SMILES string of the molecule is C=CCN(CC=C)[C@H](CN[C@@H](C)C(=O)OC(C)(C)C)[C@@H](O)CCC. The quantitative estimate of drug-likeness (QED) is 0.422. The number of aliphatic hydroxyl groups is 1. The standard InChI is InChI=1S/C19H36N2O3/c1-8-11-17(22)16(21(12-9-2)13-10-3)14-20-15(4)18(23)24-19(5,6)7/h9-10,15-17,20,22H,2-3,8,11-14H2,1,4-7H3/t15-,16+,17-/m0/s1. The van der Waals surface area contributed by atoms with Crippen molar-refractivity contribution in [2.45, 2.75) is 71.2 Å². The van der Waals surface area contributed by atoms with E-state index in [1.165, 1.54) is 0 Å². The first kappa shape index (κ1) is 22.8. The molecule has 0 aromatic heterocycles. The second kappa shape index (κ2) is 11.4. The Hall–Kier alpha value is -1.17. The van der Waals surface area contributed by atoms with Crippen LogP contribution in [-0.4, -0.2) is 59.4 Å². The molecule has 24 heavy (non-hydrogen) atoms. The number of rotatable bonds is 12. The molecule has 0 aliphatic carbocycles. The van der Waals surface area contributed by atoms with E-state index < -0.39 is 17.7 Å². The zero-order valence-corrected chi connectivity index (χ0v) is 16.0. The maximum atomic E-state index is 12.1. The molecule has 0 radical (unpaired) electrons. The summed E-state index contributed by atoms with van der Waals surface area (Å²) in [7, 11) is 0. The second-order valence-corrected chi connectivity index (χ2v) is 7.12. The maximum Gasteiger partial charge on any atom is 0.323 e. The number of aliphatic hydroxyl groups excluding tert-OH is 1. The molecular formula is C19H36N2O3. The molecule has 0 aromatic carbocycles. The van der Waals surface area contributed by atoms with Crippen molar-refractivity contribution in [2.75, 3.05) is 19.6 Å². The van der Waals surface area contributed by atoms with Gasteiger partial charge in [0.2, 0.25) is 0 Å². The van der Waals surface area contributed by atoms with Crippen molar-refractivity contribution in [2.24, 2.45) is 0 Å². The summed E-state index contributed by atoms with van der Waals surface area (Å²) in [6.45, 7) is 18.7. The van der Waals surface area contributed by atoms with Gasteiger partial charge in [-0.25, -0.2) is 0 Å². The average molecular weight is 341 g/mol. The van der Waals surface area contributed by atoms with Gasteiger partial charge in [0.1, 0.15) is 11.6 Å². The lowest BCUT2D eigenvalue weighted by Crippen LogP contribution is -2.52. The van der Waals surface area contributed by atoms with Gasteiger partial charge in [-0.15, -0.1) is 13.2 Å². The van der Waals surface area contributed by atoms with Gasteiger partial charge in [0.15, 0.2) is 0 Å². The van der Waals surface area contributed by atoms with Crippen LogP contribution in [0.5, 0.6) is 0 Å². The van der Waals surface area contributed by atoms with E-state index in [-0.39, 0.29) is 12.0 Å². The molecule has 5 heteroatoms. The molecule has 5 nitrogen and oxygen atoms in total. The molecule has 0 aliphatic heterocycles. The molecular weight excluding hydrogens is 304 g/mol. The monoisotopic (exact) mass is 340 g/mol. The van der Waals surface area contributed by atoms with Crippen LogP contribution in [0.4, 0.5) is 0 Å². The molecule has 0 aromatic rings. The summed E-state index contributed by atoms with van der Waals surface area (Å²) in [5, 5.41) is 13.7. The predicted octanol–water partition coefficient (Wildman–Crippen LogP) is 2.51. The van der Waals surface area contributed by atoms with Gasteiger partial charge < -0.3 is 15.2 Å². The van der Waals surface area contributed by atoms with Crippen LogP contribution >= 0.6 is 0 Å². The summed E-state index contributed by atoms with van der Waals surface area (Å²) < 4.78 is 5.39. The third kappa shape index (κ3) is 9.21. The summed E-state index contributed by atoms with van der Waals surface area (Å²) in [5.74, 6) is -0.287. The van der Waals surface area contributed by atoms with Gasteiger partial charge in [0, 0.05) is 25.7 Å². The van der Waals surface area contributed by atoms with Crippen LogP contribution < -0.4 is 5.32 Å². The zero-order chi connectivity index (χ0) is 18.8. The fraction of sp³-hybridized carbons (Fsp3) is 0.737. The van der Waals surface area contributed by atoms with Gasteiger partial charge in [-0.2, -0.15) is 0 Å². The molecule has 0 heterocycles. The molecule has 0 unspecified atom stereocenters. The van der Waals surface area contributed by atoms with E-state index in [1.54, 1.807) is 6.92 Å². The van der Waals surface area contributed by atoms with Crippen molar-refractivity contribution in [3.63, 3.8) is 0 Å². The number of ether oxygens (including phenoxy) is 1. The van der Waals surface area contributed by atoms with Crippen molar-refractivity contribution in [1.82, 2.24) is 10.2 Å². The first-order chi connectivity index (χ1) is 11.2. The highest BCUT2D eigenvalue weighted by molar-refractivity contribution is 5.75. The minimum atomic E-state index is -0.508. The third-order valence-corrected chi connectivity index (χ3v) is 3.62. The van der Waals surface area contributed by atoms with Crippen LogP contribution in [0.15, 0.2) is 25.3 Å². The number of carbonyl (C=O) groups excluding carboxylic acids is 1. The van der Waals surface area contributed by atoms with Gasteiger partial charge in [-0.3, -0.25) is 9.69 Å². The summed E-state index contributed by atoms with van der Waals surface area (Å²) in [6.07, 6.45) is 4.75. The van der Waals surface area contributed by atoms with E-state index >= 15 is 0 Å². The van der Waals surface area contributed by atoms with Gasteiger partial charge >= 0.3 is 5.97 Å². The van der Waals surface area contributed by atoms with Crippen LogP contribution in [0.25, 0.3) is 0 Å². The van der Waals surface area contributed by atoms with Crippen molar-refractivity contribution in [3.8, 4) is 0 Å². The molecule has 3 atom stereocenters. The third-order valence-electron chi connectivity index (χ3n) is 3.62. The van der Waals surface area contributed by atoms with E-state index in [4.69, 9.17) is 4.74 Å². The van der Waals surface area contributed by atoms with Gasteiger partial charge in [0.05, 0.1) is 6.10 Å². The smallest absolute Gasteiger partial charge is 0.323 e. The van der Waals surface area contributed by atoms with E-state index in [0.717, 1.165) is 6.42 Å². The fourth-order valence-corrected chi connectivity index (χ4v) is 2.44. The van der Waals surface area contributed by atoms with Crippen molar-refractivity contribution in [3.05, 3.63) is 25.3 Å². The van der Waals surface area contributed by atoms with Gasteiger partial charge in [0.25, 0.3) is 0 Å². The highest BCUT2D eigenvalue weighted by Crippen LogP contribution is 2.12. The Kier molecular flexibility index (Phi) is 10.8. The Balaban J connectivity index is 4.88. The predicted molar refractivity (Wildman–Crippen MR) is 100.0 cm³/mol. The van der Waals surface area contributed by atoms with Crippen LogP contribution in [0.1, 0.15) is 47.5 Å². The van der Waals surface area contributed by atoms with E-state index in [1.807, 2.05) is 39.8 Å². The minimum absolute atomic E-state index is 0.120. The van der Waals surface area contributed by atoms with Crippen LogP contribution in [0.2, 0.25) is 0 Å². The number of hydrogen-bond donors (Lipinski definition) is 2. The molecule has 0 aliphatic rings. The van der Waals surface area contributed by atoms with E-state index in [0.29, 0.717) is 26.1 Å². The van der Waals surface area contributed by atoms with E-state index in [2.05, 4.69) is 23.4 Å². The summed E-state index contributed by atoms with van der Waals surface area (Å²) in [4.78, 5) is 14.2. The second-order valence-electron chi connectivity index (χ2n) is 7.12. The first-order valence-electron chi connectivity index (χ1n) is 8.76. The molecule has 0 rings (SSSR count). The minimum Gasteiger partial charge on any atom is -0.459 e. The molecule has 140 valence electrons. The largest absolute Gasteiger partial charge is 0.459 e. The molecule has 0 bridgehead atoms. The Labute approximate surface area is 147 Å². The number of esters is 1. The lowest BCUT2D eigenvalue weighted by molar-refractivity contribution is -0.157. The fourth-order valence-electron chi connectivity index (χ4n) is 2.44. The Bertz CT molecular complexity index is 381. The van der Waals surface area contributed by atoms with E-state index in [9.17, 15) is 9.90 Å². The summed E-state index contributed by atoms with van der Waals surface area (Å²) in [5.41, 5.74) is -0.508. The lowest BCUT2D eigenvalue weighted by Gasteiger charge is -2.34. The van der Waals surface area contributed by atoms with Gasteiger partial charge in [-0.1, -0.05) is 25.5 Å². The van der Waals surface area contributed by atoms with Crippen LogP contribution in [0, 0.1) is 0 Å². The zero-order valence-electron chi connectivity index (χ0n) is 16.0. The Morgan fingerprint density at radius 3 is 2.25 bits per heavy atom. The average Bonchev–Trinajstić information content (AvgIpc) is 2.46. The summed E-state index contributed by atoms with van der Waals surface area (Å²) in [6, 6.07) is -0.555. The normalized spacial score (nSPS) is 15.6. The lowest BCUT2D eigenvalue weighted by atomic mass is 10.0. The molecule has 2 N–H and O–H groups in total. The summed E-state index contributed by atoms with van der Waals surface area (Å²) >= 11 is 0. The molecule has 0 spiro atoms. The topological polar surface area (TPSA) is 61.8 Å². The maximum absolute atomic E-state index is 12.1. The van der Waals surface area contributed by atoms with Crippen molar-refractivity contribution in [1.29, 1.82) is 0 Å². The number of nitrogens with one attached hydrogen (secondary N) is 1. The number of hydrogen-bond acceptors (Lipinski definition) is 5. The van der Waals surface area contributed by atoms with Crippen LogP contribution in [0.3, 0.4) is 0 Å². The van der Waals surface area contributed by atoms with Crippen LogP contribution in [-0.2, 0) is 9.53 Å². The number of nitrogens with zero attached hydrogens (tertiary/aromatic N) is 1. The first-order valence-corrected chi connectivity index (χ1v) is 8.76. The Morgan fingerprint density at radius 1 is 1.29 bits per heavy atom. The number of carbonyl (C=O) groups is 1. The highest BCUT2D eigenvalue weighted by Gasteiger charge is 2.27. The van der Waals surface area contributed by atoms with Gasteiger partial charge in [-0.05, 0) is 34.1 Å². The Morgan fingerprint density at radius 2 is 1.83 bits per heavy atom. The molecule has 0 amide bonds. The highest BCUT2D eigenvalue weighted by atomic mass is 16.6. The van der Waals surface area contributed by atoms with Crippen molar-refractivity contribution < 1.29 is 14.6 Å².